The fourth-order valence-corrected chi connectivity index (χ4v) is 1.32. The van der Waals surface area contributed by atoms with E-state index in [9.17, 15) is 4.79 Å². The van der Waals surface area contributed by atoms with Gasteiger partial charge in [0.15, 0.2) is 0 Å². The quantitative estimate of drug-likeness (QED) is 0.730. The molecular weight excluding hydrogens is 214 g/mol. The molecule has 1 unspecified atom stereocenters. The molecule has 2 N–H and O–H groups in total. The normalized spacial score (nSPS) is 13.5. The van der Waals surface area contributed by atoms with Crippen LogP contribution >= 0.6 is 0 Å². The summed E-state index contributed by atoms with van der Waals surface area (Å²) >= 11 is 0. The molecule has 0 saturated heterocycles. The lowest BCUT2D eigenvalue weighted by Crippen LogP contribution is -2.41. The Bertz CT molecular complexity index is 229. The van der Waals surface area contributed by atoms with Gasteiger partial charge in [0, 0.05) is 25.7 Å². The van der Waals surface area contributed by atoms with Crippen molar-refractivity contribution in [3.05, 3.63) is 0 Å². The van der Waals surface area contributed by atoms with Gasteiger partial charge in [0.25, 0.3) is 0 Å². The van der Waals surface area contributed by atoms with Gasteiger partial charge < -0.3 is 10.6 Å². The average Bonchev–Trinajstić information content (AvgIpc) is 2.24. The molecule has 0 fully saturated rings. The lowest BCUT2D eigenvalue weighted by molar-refractivity contribution is -0.131. The van der Waals surface area contributed by atoms with Crippen molar-refractivity contribution in [3.63, 3.8) is 0 Å². The molecule has 0 radical (unpaired) electrons. The zero-order chi connectivity index (χ0) is 13.6. The van der Waals surface area contributed by atoms with E-state index in [1.807, 2.05) is 19.0 Å². The smallest absolute Gasteiger partial charge is 0.236 e. The number of hydrogen-bond acceptors (Lipinski definition) is 3. The Labute approximate surface area is 106 Å². The molecule has 0 spiro atoms. The molecule has 4 nitrogen and oxygen atoms in total. The minimum Gasteiger partial charge on any atom is -0.345 e. The second-order valence-corrected chi connectivity index (χ2v) is 5.52. The molecule has 0 rings (SSSR count). The highest BCUT2D eigenvalue weighted by Crippen LogP contribution is 2.04. The lowest BCUT2D eigenvalue weighted by atomic mass is 10.0. The molecule has 102 valence electrons. The van der Waals surface area contributed by atoms with Gasteiger partial charge in [-0.15, -0.1) is 0 Å². The van der Waals surface area contributed by atoms with Crippen LogP contribution < -0.4 is 5.73 Å². The first-order chi connectivity index (χ1) is 7.75. The van der Waals surface area contributed by atoms with E-state index in [0.29, 0.717) is 18.5 Å². The van der Waals surface area contributed by atoms with Crippen LogP contribution in [0, 0.1) is 5.92 Å². The fourth-order valence-electron chi connectivity index (χ4n) is 1.32. The molecule has 0 heterocycles. The summed E-state index contributed by atoms with van der Waals surface area (Å²) in [6.07, 6.45) is 0.866. The minimum absolute atomic E-state index is 0.164. The largest absolute Gasteiger partial charge is 0.345 e. The van der Waals surface area contributed by atoms with Crippen LogP contribution in [0.5, 0.6) is 0 Å². The number of likely N-dealkylation sites (N-methyl/N-ethyl adjacent to an activating group) is 2. The molecule has 0 aliphatic carbocycles. The first-order valence-electron chi connectivity index (χ1n) is 6.45. The summed E-state index contributed by atoms with van der Waals surface area (Å²) in [6.45, 7) is 9.61. The standard InChI is InChI=1S/C13H29N3O/c1-10(2)12(14)7-8-15(5)13(17)9-16(6)11(3)4/h10-12H,7-9,14H2,1-6H3. The number of hydrogen-bond donors (Lipinski definition) is 1. The number of rotatable bonds is 7. The van der Waals surface area contributed by atoms with Crippen LogP contribution in [-0.2, 0) is 4.79 Å². The van der Waals surface area contributed by atoms with E-state index in [1.165, 1.54) is 0 Å². The van der Waals surface area contributed by atoms with Gasteiger partial charge in [-0.1, -0.05) is 13.8 Å². The van der Waals surface area contributed by atoms with E-state index in [4.69, 9.17) is 5.73 Å². The van der Waals surface area contributed by atoms with E-state index >= 15 is 0 Å². The van der Waals surface area contributed by atoms with Crippen LogP contribution in [0.15, 0.2) is 0 Å². The van der Waals surface area contributed by atoms with E-state index in [1.54, 1.807) is 4.90 Å². The third kappa shape index (κ3) is 6.64. The van der Waals surface area contributed by atoms with E-state index in [0.717, 1.165) is 13.0 Å². The van der Waals surface area contributed by atoms with Gasteiger partial charge in [0.05, 0.1) is 6.54 Å². The monoisotopic (exact) mass is 243 g/mol. The molecule has 4 heteroatoms. The molecule has 0 saturated carbocycles. The summed E-state index contributed by atoms with van der Waals surface area (Å²) < 4.78 is 0. The number of nitrogens with two attached hydrogens (primary N) is 1. The molecule has 0 aromatic heterocycles. The Morgan fingerprint density at radius 1 is 1.18 bits per heavy atom. The minimum atomic E-state index is 0.164. The first-order valence-corrected chi connectivity index (χ1v) is 6.45. The SMILES string of the molecule is CC(C)C(N)CCN(C)C(=O)CN(C)C(C)C. The molecule has 0 aromatic rings. The Balaban J connectivity index is 3.98. The zero-order valence-electron chi connectivity index (χ0n) is 12.2. The van der Waals surface area contributed by atoms with Crippen LogP contribution in [0.1, 0.15) is 34.1 Å². The van der Waals surface area contributed by atoms with Crippen LogP contribution in [0.3, 0.4) is 0 Å². The van der Waals surface area contributed by atoms with Crippen molar-refractivity contribution in [2.24, 2.45) is 11.7 Å². The maximum atomic E-state index is 11.9. The maximum absolute atomic E-state index is 11.9. The number of carbonyl (C=O) groups excluding carboxylic acids is 1. The highest BCUT2D eigenvalue weighted by Gasteiger charge is 2.15. The van der Waals surface area contributed by atoms with Gasteiger partial charge in [-0.3, -0.25) is 9.69 Å². The van der Waals surface area contributed by atoms with E-state index < -0.39 is 0 Å². The molecule has 1 atom stereocenters. The van der Waals surface area contributed by atoms with Crippen LogP contribution in [-0.4, -0.2) is 55.0 Å². The molecule has 0 aromatic carbocycles. The van der Waals surface area contributed by atoms with Crippen molar-refractivity contribution in [3.8, 4) is 0 Å². The second-order valence-electron chi connectivity index (χ2n) is 5.52. The predicted molar refractivity (Wildman–Crippen MR) is 72.8 cm³/mol. The van der Waals surface area contributed by atoms with Gasteiger partial charge in [-0.05, 0) is 33.2 Å². The Morgan fingerprint density at radius 2 is 1.71 bits per heavy atom. The summed E-state index contributed by atoms with van der Waals surface area (Å²) in [4.78, 5) is 15.7. The van der Waals surface area contributed by atoms with Crippen molar-refractivity contribution in [1.29, 1.82) is 0 Å². The van der Waals surface area contributed by atoms with Gasteiger partial charge in [0.2, 0.25) is 5.91 Å². The summed E-state index contributed by atoms with van der Waals surface area (Å²) in [7, 11) is 3.82. The summed E-state index contributed by atoms with van der Waals surface area (Å²) in [6, 6.07) is 0.568. The van der Waals surface area contributed by atoms with Crippen molar-refractivity contribution in [1.82, 2.24) is 9.80 Å². The first kappa shape index (κ1) is 16.4. The second kappa shape index (κ2) is 7.67. The number of amides is 1. The highest BCUT2D eigenvalue weighted by atomic mass is 16.2. The molecule has 0 bridgehead atoms. The van der Waals surface area contributed by atoms with Gasteiger partial charge in [-0.2, -0.15) is 0 Å². The van der Waals surface area contributed by atoms with Crippen molar-refractivity contribution in [2.75, 3.05) is 27.2 Å². The topological polar surface area (TPSA) is 49.6 Å². The van der Waals surface area contributed by atoms with Crippen molar-refractivity contribution >= 4 is 5.91 Å². The number of nitrogens with zero attached hydrogens (tertiary/aromatic N) is 2. The van der Waals surface area contributed by atoms with Gasteiger partial charge >= 0.3 is 0 Å². The van der Waals surface area contributed by atoms with Crippen LogP contribution in [0.4, 0.5) is 0 Å². The average molecular weight is 243 g/mol. The molecule has 17 heavy (non-hydrogen) atoms. The van der Waals surface area contributed by atoms with Crippen LogP contribution in [0.25, 0.3) is 0 Å². The number of carbonyl (C=O) groups is 1. The van der Waals surface area contributed by atoms with Crippen LogP contribution in [0.2, 0.25) is 0 Å². The van der Waals surface area contributed by atoms with Gasteiger partial charge in [-0.25, -0.2) is 0 Å². The lowest BCUT2D eigenvalue weighted by Gasteiger charge is -2.25. The Kier molecular flexibility index (Phi) is 7.39. The summed E-state index contributed by atoms with van der Waals surface area (Å²) in [5.41, 5.74) is 5.97. The van der Waals surface area contributed by atoms with Crippen molar-refractivity contribution in [2.45, 2.75) is 46.2 Å². The van der Waals surface area contributed by atoms with E-state index in [-0.39, 0.29) is 11.9 Å². The fraction of sp³-hybridized carbons (Fsp3) is 0.923. The summed E-state index contributed by atoms with van der Waals surface area (Å²) in [5, 5.41) is 0. The zero-order valence-corrected chi connectivity index (χ0v) is 12.2. The highest BCUT2D eigenvalue weighted by molar-refractivity contribution is 5.77. The molecule has 1 amide bonds. The predicted octanol–water partition coefficient (Wildman–Crippen LogP) is 1.16. The third-order valence-electron chi connectivity index (χ3n) is 3.35. The third-order valence-corrected chi connectivity index (χ3v) is 3.35. The van der Waals surface area contributed by atoms with Crippen molar-refractivity contribution < 1.29 is 4.79 Å². The molecular formula is C13H29N3O. The molecule has 0 aliphatic rings. The van der Waals surface area contributed by atoms with E-state index in [2.05, 4.69) is 27.7 Å². The summed E-state index contributed by atoms with van der Waals surface area (Å²) in [5.74, 6) is 0.633. The Hall–Kier alpha value is -0.610. The van der Waals surface area contributed by atoms with Gasteiger partial charge in [0.1, 0.15) is 0 Å². The molecule has 0 aliphatic heterocycles. The maximum Gasteiger partial charge on any atom is 0.236 e. The Morgan fingerprint density at radius 3 is 2.12 bits per heavy atom.